The fourth-order valence-electron chi connectivity index (χ4n) is 2.06. The van der Waals surface area contributed by atoms with E-state index >= 15 is 0 Å². The molecule has 18 heavy (non-hydrogen) atoms. The highest BCUT2D eigenvalue weighted by Crippen LogP contribution is 2.27. The molecule has 1 aromatic carbocycles. The second kappa shape index (κ2) is 5.87. The number of nitrogens with one attached hydrogen (secondary N) is 1. The minimum Gasteiger partial charge on any atom is -0.493 e. The second-order valence-corrected chi connectivity index (χ2v) is 4.54. The summed E-state index contributed by atoms with van der Waals surface area (Å²) in [4.78, 5) is 11.3. The summed E-state index contributed by atoms with van der Waals surface area (Å²) < 4.78 is 5.41. The molecule has 1 aliphatic rings. The van der Waals surface area contributed by atoms with E-state index in [0.717, 1.165) is 29.7 Å². The quantitative estimate of drug-likeness (QED) is 0.832. The Hall–Kier alpha value is -1.55. The van der Waals surface area contributed by atoms with Gasteiger partial charge in [-0.05, 0) is 29.7 Å². The number of fused-ring (bicyclic) bond motifs is 1. The monoisotopic (exact) mass is 249 g/mol. The Morgan fingerprint density at radius 3 is 3.17 bits per heavy atom. The zero-order valence-electron chi connectivity index (χ0n) is 10.6. The summed E-state index contributed by atoms with van der Waals surface area (Å²) in [6.45, 7) is 2.93. The first-order chi connectivity index (χ1) is 8.70. The molecule has 1 atom stereocenters. The van der Waals surface area contributed by atoms with Gasteiger partial charge in [0.15, 0.2) is 0 Å². The predicted octanol–water partition coefficient (Wildman–Crippen LogP) is 1.57. The van der Waals surface area contributed by atoms with E-state index in [1.54, 1.807) is 0 Å². The van der Waals surface area contributed by atoms with Crippen molar-refractivity contribution < 1.29 is 14.6 Å². The third-order valence-electron chi connectivity index (χ3n) is 3.07. The number of hydrogen-bond donors (Lipinski definition) is 2. The molecule has 0 saturated heterocycles. The third kappa shape index (κ3) is 3.01. The van der Waals surface area contributed by atoms with Crippen molar-refractivity contribution in [1.29, 1.82) is 0 Å². The van der Waals surface area contributed by atoms with Gasteiger partial charge in [0.25, 0.3) is 0 Å². The number of amides is 1. The standard InChI is InChI=1S/C14H19NO3/c1-2-3-14(17)15-9-12(16)10-4-5-13-11(8-10)6-7-18-13/h4-5,8,12,16H,2-3,6-7,9H2,1H3,(H,15,17). The Morgan fingerprint density at radius 1 is 1.56 bits per heavy atom. The van der Waals surface area contributed by atoms with Gasteiger partial charge in [-0.25, -0.2) is 0 Å². The van der Waals surface area contributed by atoms with Crippen LogP contribution in [0.25, 0.3) is 0 Å². The van der Waals surface area contributed by atoms with E-state index in [1.807, 2.05) is 25.1 Å². The Bertz CT molecular complexity index is 431. The maximum atomic E-state index is 11.3. The molecule has 0 spiro atoms. The second-order valence-electron chi connectivity index (χ2n) is 4.54. The van der Waals surface area contributed by atoms with Crippen LogP contribution < -0.4 is 10.1 Å². The van der Waals surface area contributed by atoms with Gasteiger partial charge in [0.1, 0.15) is 5.75 Å². The van der Waals surface area contributed by atoms with Crippen LogP contribution in [-0.4, -0.2) is 24.2 Å². The molecule has 4 nitrogen and oxygen atoms in total. The average molecular weight is 249 g/mol. The van der Waals surface area contributed by atoms with Gasteiger partial charge in [-0.2, -0.15) is 0 Å². The number of aliphatic hydroxyl groups excluding tert-OH is 1. The van der Waals surface area contributed by atoms with Gasteiger partial charge in [0.2, 0.25) is 5.91 Å². The highest BCUT2D eigenvalue weighted by molar-refractivity contribution is 5.75. The summed E-state index contributed by atoms with van der Waals surface area (Å²) in [6.07, 6.45) is 1.55. The number of rotatable bonds is 5. The van der Waals surface area contributed by atoms with Crippen LogP contribution in [0.3, 0.4) is 0 Å². The average Bonchev–Trinajstić information content (AvgIpc) is 2.83. The van der Waals surface area contributed by atoms with E-state index in [-0.39, 0.29) is 12.5 Å². The Kier molecular flexibility index (Phi) is 4.20. The SMILES string of the molecule is CCCC(=O)NCC(O)c1ccc2c(c1)CCO2. The summed E-state index contributed by atoms with van der Waals surface area (Å²) in [7, 11) is 0. The summed E-state index contributed by atoms with van der Waals surface area (Å²) >= 11 is 0. The van der Waals surface area contributed by atoms with Crippen molar-refractivity contribution in [2.45, 2.75) is 32.3 Å². The zero-order chi connectivity index (χ0) is 13.0. The Labute approximate surface area is 107 Å². The summed E-state index contributed by atoms with van der Waals surface area (Å²) in [6, 6.07) is 5.69. The van der Waals surface area contributed by atoms with Gasteiger partial charge in [0.05, 0.1) is 12.7 Å². The molecule has 0 saturated carbocycles. The molecule has 1 heterocycles. The fourth-order valence-corrected chi connectivity index (χ4v) is 2.06. The lowest BCUT2D eigenvalue weighted by Gasteiger charge is -2.13. The largest absolute Gasteiger partial charge is 0.493 e. The highest BCUT2D eigenvalue weighted by atomic mass is 16.5. The molecular formula is C14H19NO3. The molecule has 4 heteroatoms. The minimum atomic E-state index is -0.656. The molecule has 0 bridgehead atoms. The van der Waals surface area contributed by atoms with E-state index in [4.69, 9.17) is 4.74 Å². The van der Waals surface area contributed by atoms with Crippen molar-refractivity contribution in [1.82, 2.24) is 5.32 Å². The van der Waals surface area contributed by atoms with Crippen LogP contribution in [0, 0.1) is 0 Å². The maximum absolute atomic E-state index is 11.3. The number of hydrogen-bond acceptors (Lipinski definition) is 3. The van der Waals surface area contributed by atoms with Crippen molar-refractivity contribution in [2.24, 2.45) is 0 Å². The lowest BCUT2D eigenvalue weighted by atomic mass is 10.0. The van der Waals surface area contributed by atoms with Crippen molar-refractivity contribution in [3.63, 3.8) is 0 Å². The summed E-state index contributed by atoms with van der Waals surface area (Å²) in [5, 5.41) is 12.7. The smallest absolute Gasteiger partial charge is 0.220 e. The summed E-state index contributed by atoms with van der Waals surface area (Å²) in [5.74, 6) is 0.891. The zero-order valence-corrected chi connectivity index (χ0v) is 10.6. The third-order valence-corrected chi connectivity index (χ3v) is 3.07. The molecule has 0 radical (unpaired) electrons. The maximum Gasteiger partial charge on any atom is 0.220 e. The van der Waals surface area contributed by atoms with Gasteiger partial charge in [0, 0.05) is 19.4 Å². The molecule has 1 aliphatic heterocycles. The van der Waals surface area contributed by atoms with E-state index in [1.165, 1.54) is 0 Å². The van der Waals surface area contributed by atoms with Crippen molar-refractivity contribution in [3.05, 3.63) is 29.3 Å². The molecule has 2 rings (SSSR count). The van der Waals surface area contributed by atoms with Crippen molar-refractivity contribution in [3.8, 4) is 5.75 Å². The highest BCUT2D eigenvalue weighted by Gasteiger charge is 2.15. The van der Waals surface area contributed by atoms with Gasteiger partial charge in [-0.15, -0.1) is 0 Å². The minimum absolute atomic E-state index is 0.0129. The number of carbonyl (C=O) groups is 1. The lowest BCUT2D eigenvalue weighted by Crippen LogP contribution is -2.27. The molecular weight excluding hydrogens is 230 g/mol. The molecule has 1 unspecified atom stereocenters. The molecule has 0 fully saturated rings. The van der Waals surface area contributed by atoms with Crippen molar-refractivity contribution >= 4 is 5.91 Å². The normalized spacial score (nSPS) is 14.8. The van der Waals surface area contributed by atoms with E-state index < -0.39 is 6.10 Å². The number of benzene rings is 1. The van der Waals surface area contributed by atoms with Crippen molar-refractivity contribution in [2.75, 3.05) is 13.2 Å². The van der Waals surface area contributed by atoms with Gasteiger partial charge in [-0.1, -0.05) is 13.0 Å². The van der Waals surface area contributed by atoms with E-state index in [9.17, 15) is 9.90 Å². The van der Waals surface area contributed by atoms with E-state index in [0.29, 0.717) is 13.0 Å². The topological polar surface area (TPSA) is 58.6 Å². The van der Waals surface area contributed by atoms with Gasteiger partial charge >= 0.3 is 0 Å². The molecule has 0 aromatic heterocycles. The van der Waals surface area contributed by atoms with Crippen LogP contribution in [0.5, 0.6) is 5.75 Å². The first-order valence-electron chi connectivity index (χ1n) is 6.41. The van der Waals surface area contributed by atoms with Crippen LogP contribution in [0.1, 0.15) is 37.0 Å². The van der Waals surface area contributed by atoms with Crippen LogP contribution >= 0.6 is 0 Å². The van der Waals surface area contributed by atoms with Crippen LogP contribution in [0.4, 0.5) is 0 Å². The summed E-state index contributed by atoms with van der Waals surface area (Å²) in [5.41, 5.74) is 1.96. The Morgan fingerprint density at radius 2 is 2.39 bits per heavy atom. The molecule has 1 amide bonds. The van der Waals surface area contributed by atoms with Crippen LogP contribution in [-0.2, 0) is 11.2 Å². The van der Waals surface area contributed by atoms with Gasteiger partial charge < -0.3 is 15.2 Å². The molecule has 1 aromatic rings. The molecule has 0 aliphatic carbocycles. The number of carbonyl (C=O) groups excluding carboxylic acids is 1. The predicted molar refractivity (Wildman–Crippen MR) is 68.5 cm³/mol. The fraction of sp³-hybridized carbons (Fsp3) is 0.500. The molecule has 2 N–H and O–H groups in total. The number of ether oxygens (including phenoxy) is 1. The first kappa shape index (κ1) is 12.9. The number of aliphatic hydroxyl groups is 1. The Balaban J connectivity index is 1.92. The van der Waals surface area contributed by atoms with Gasteiger partial charge in [-0.3, -0.25) is 4.79 Å². The molecule has 98 valence electrons. The first-order valence-corrected chi connectivity index (χ1v) is 6.41. The van der Waals surface area contributed by atoms with Crippen LogP contribution in [0.2, 0.25) is 0 Å². The van der Waals surface area contributed by atoms with Crippen LogP contribution in [0.15, 0.2) is 18.2 Å². The van der Waals surface area contributed by atoms with E-state index in [2.05, 4.69) is 5.32 Å². The lowest BCUT2D eigenvalue weighted by molar-refractivity contribution is -0.121.